The molecule has 2 amide bonds. The highest BCUT2D eigenvalue weighted by atomic mass is 16.6. The van der Waals surface area contributed by atoms with Crippen molar-refractivity contribution >= 4 is 23.9 Å². The summed E-state index contributed by atoms with van der Waals surface area (Å²) in [7, 11) is 0. The van der Waals surface area contributed by atoms with E-state index in [1.54, 1.807) is 17.0 Å². The van der Waals surface area contributed by atoms with Crippen molar-refractivity contribution in [3.8, 4) is 11.4 Å². The Morgan fingerprint density at radius 1 is 1.32 bits per heavy atom. The van der Waals surface area contributed by atoms with Crippen LogP contribution in [-0.2, 0) is 9.53 Å². The molecule has 0 unspecified atom stereocenters. The first-order valence-electron chi connectivity index (χ1n) is 10.1. The van der Waals surface area contributed by atoms with Gasteiger partial charge in [-0.2, -0.15) is 4.98 Å². The molecule has 166 valence electrons. The third kappa shape index (κ3) is 6.03. The molecular formula is C21H28N6O4. The molecule has 0 aliphatic carbocycles. The van der Waals surface area contributed by atoms with Crippen molar-refractivity contribution in [2.75, 3.05) is 25.4 Å². The number of nitrogen functional groups attached to an aromatic ring is 1. The number of rotatable bonds is 5. The van der Waals surface area contributed by atoms with Gasteiger partial charge >= 0.3 is 6.09 Å². The highest BCUT2D eigenvalue weighted by Gasteiger charge is 2.30. The van der Waals surface area contributed by atoms with Gasteiger partial charge in [0.25, 0.3) is 0 Å². The van der Waals surface area contributed by atoms with E-state index in [-0.39, 0.29) is 18.6 Å². The second kappa shape index (κ2) is 9.15. The van der Waals surface area contributed by atoms with E-state index in [0.717, 1.165) is 12.8 Å². The molecule has 1 aromatic carbocycles. The minimum Gasteiger partial charge on any atom is -0.444 e. The number of piperidine rings is 1. The number of hydrogen-bond donors (Lipinski definition) is 2. The van der Waals surface area contributed by atoms with Crippen LogP contribution >= 0.6 is 0 Å². The van der Waals surface area contributed by atoms with Gasteiger partial charge in [0.2, 0.25) is 17.6 Å². The molecule has 0 atom stereocenters. The Bertz CT molecular complexity index is 970. The van der Waals surface area contributed by atoms with E-state index in [1.165, 1.54) is 6.21 Å². The standard InChI is InChI=1S/C21H28N6O4/c1-21(2,3)30-20(29)27-8-6-13(7-9-27)19-25-18(26-31-19)14-4-5-15(16(22)10-14)11-24-12-17(23)28/h4-5,10-11,13H,6-9,12,22H2,1-3H3,(H2,23,28). The van der Waals surface area contributed by atoms with Crippen LogP contribution in [0.25, 0.3) is 11.4 Å². The molecule has 10 nitrogen and oxygen atoms in total. The molecule has 2 aromatic rings. The first-order valence-corrected chi connectivity index (χ1v) is 10.1. The molecule has 2 heterocycles. The highest BCUT2D eigenvalue weighted by molar-refractivity contribution is 5.89. The van der Waals surface area contributed by atoms with Gasteiger partial charge in [0, 0.05) is 42.0 Å². The number of aromatic nitrogens is 2. The molecule has 4 N–H and O–H groups in total. The number of hydrogen-bond acceptors (Lipinski definition) is 8. The van der Waals surface area contributed by atoms with Crippen LogP contribution in [0.2, 0.25) is 0 Å². The number of likely N-dealkylation sites (tertiary alicyclic amines) is 1. The van der Waals surface area contributed by atoms with Gasteiger partial charge in [0.15, 0.2) is 0 Å². The Morgan fingerprint density at radius 2 is 2.03 bits per heavy atom. The largest absolute Gasteiger partial charge is 0.444 e. The number of primary amides is 1. The maximum Gasteiger partial charge on any atom is 0.410 e. The van der Waals surface area contributed by atoms with Gasteiger partial charge in [0.05, 0.1) is 0 Å². The normalized spacial score (nSPS) is 15.4. The monoisotopic (exact) mass is 428 g/mol. The van der Waals surface area contributed by atoms with E-state index >= 15 is 0 Å². The van der Waals surface area contributed by atoms with Crippen LogP contribution < -0.4 is 11.5 Å². The Labute approximate surface area is 180 Å². The summed E-state index contributed by atoms with van der Waals surface area (Å²) < 4.78 is 10.9. The summed E-state index contributed by atoms with van der Waals surface area (Å²) in [5.74, 6) is 0.557. The summed E-state index contributed by atoms with van der Waals surface area (Å²) in [6, 6.07) is 5.30. The lowest BCUT2D eigenvalue weighted by Gasteiger charge is -2.32. The molecule has 1 saturated heterocycles. The van der Waals surface area contributed by atoms with E-state index in [9.17, 15) is 9.59 Å². The number of nitrogens with zero attached hydrogens (tertiary/aromatic N) is 4. The van der Waals surface area contributed by atoms with E-state index in [2.05, 4.69) is 15.1 Å². The first kappa shape index (κ1) is 22.3. The predicted octanol–water partition coefficient (Wildman–Crippen LogP) is 2.34. The molecular weight excluding hydrogens is 400 g/mol. The molecule has 1 fully saturated rings. The third-order valence-corrected chi connectivity index (χ3v) is 4.76. The minimum absolute atomic E-state index is 0.0810. The molecule has 3 rings (SSSR count). The van der Waals surface area contributed by atoms with Crippen LogP contribution in [0.1, 0.15) is 51.0 Å². The Morgan fingerprint density at radius 3 is 2.65 bits per heavy atom. The summed E-state index contributed by atoms with van der Waals surface area (Å²) >= 11 is 0. The Hall–Kier alpha value is -3.43. The van der Waals surface area contributed by atoms with Crippen molar-refractivity contribution in [3.05, 3.63) is 29.7 Å². The number of carbonyl (C=O) groups excluding carboxylic acids is 2. The summed E-state index contributed by atoms with van der Waals surface area (Å²) in [6.07, 6.45) is 2.65. The fourth-order valence-corrected chi connectivity index (χ4v) is 3.22. The second-order valence-electron chi connectivity index (χ2n) is 8.48. The van der Waals surface area contributed by atoms with Gasteiger partial charge < -0.3 is 25.6 Å². The zero-order valence-corrected chi connectivity index (χ0v) is 18.0. The molecule has 0 saturated carbocycles. The summed E-state index contributed by atoms with van der Waals surface area (Å²) in [4.78, 5) is 33.2. The first-order chi connectivity index (χ1) is 14.6. The smallest absolute Gasteiger partial charge is 0.410 e. The van der Waals surface area contributed by atoms with Crippen molar-refractivity contribution in [1.82, 2.24) is 15.0 Å². The van der Waals surface area contributed by atoms with Crippen molar-refractivity contribution in [1.29, 1.82) is 0 Å². The Balaban J connectivity index is 1.62. The highest BCUT2D eigenvalue weighted by Crippen LogP contribution is 2.30. The number of amides is 2. The Kier molecular flexibility index (Phi) is 6.57. The van der Waals surface area contributed by atoms with Crippen molar-refractivity contribution < 1.29 is 18.8 Å². The maximum absolute atomic E-state index is 12.2. The van der Waals surface area contributed by atoms with Gasteiger partial charge in [-0.1, -0.05) is 17.3 Å². The number of ether oxygens (including phenoxy) is 1. The van der Waals surface area contributed by atoms with Gasteiger partial charge in [0.1, 0.15) is 12.1 Å². The molecule has 1 aliphatic heterocycles. The number of anilines is 1. The number of nitrogens with two attached hydrogens (primary N) is 2. The van der Waals surface area contributed by atoms with Gasteiger partial charge in [-0.3, -0.25) is 9.79 Å². The fraction of sp³-hybridized carbons (Fsp3) is 0.476. The molecule has 0 bridgehead atoms. The lowest BCUT2D eigenvalue weighted by atomic mass is 9.97. The quantitative estimate of drug-likeness (QED) is 0.548. The van der Waals surface area contributed by atoms with E-state index in [1.807, 2.05) is 26.8 Å². The molecule has 10 heteroatoms. The SMILES string of the molecule is CC(C)(C)OC(=O)N1CCC(c2nc(-c3ccc(C=NCC(N)=O)c(N)c3)no2)CC1. The topological polar surface area (TPSA) is 150 Å². The van der Waals surface area contributed by atoms with Crippen molar-refractivity contribution in [2.24, 2.45) is 10.7 Å². The van der Waals surface area contributed by atoms with E-state index in [0.29, 0.717) is 41.6 Å². The summed E-state index contributed by atoms with van der Waals surface area (Å²) in [5, 5.41) is 4.08. The predicted molar refractivity (Wildman–Crippen MR) is 116 cm³/mol. The van der Waals surface area contributed by atoms with Gasteiger partial charge in [-0.25, -0.2) is 4.79 Å². The van der Waals surface area contributed by atoms with Crippen molar-refractivity contribution in [3.63, 3.8) is 0 Å². The maximum atomic E-state index is 12.2. The van der Waals surface area contributed by atoms with E-state index in [4.69, 9.17) is 20.7 Å². The zero-order chi connectivity index (χ0) is 22.6. The number of carbonyl (C=O) groups is 2. The van der Waals surface area contributed by atoms with Crippen LogP contribution in [0.3, 0.4) is 0 Å². The third-order valence-electron chi connectivity index (χ3n) is 4.76. The molecule has 1 aliphatic rings. The van der Waals surface area contributed by atoms with E-state index < -0.39 is 11.5 Å². The zero-order valence-electron chi connectivity index (χ0n) is 18.0. The molecule has 0 spiro atoms. The molecule has 1 aromatic heterocycles. The van der Waals surface area contributed by atoms with Crippen molar-refractivity contribution in [2.45, 2.75) is 45.1 Å². The number of aliphatic imine (C=N–C) groups is 1. The molecule has 31 heavy (non-hydrogen) atoms. The number of benzene rings is 1. The fourth-order valence-electron chi connectivity index (χ4n) is 3.22. The average Bonchev–Trinajstić information content (AvgIpc) is 3.18. The van der Waals surface area contributed by atoms with Crippen LogP contribution in [0.5, 0.6) is 0 Å². The minimum atomic E-state index is -0.513. The van der Waals surface area contributed by atoms with Crippen LogP contribution in [-0.4, -0.2) is 58.5 Å². The molecule has 0 radical (unpaired) electrons. The lowest BCUT2D eigenvalue weighted by molar-refractivity contribution is -0.116. The van der Waals surface area contributed by atoms with Gasteiger partial charge in [-0.15, -0.1) is 0 Å². The van der Waals surface area contributed by atoms with Gasteiger partial charge in [-0.05, 0) is 39.7 Å². The van der Waals surface area contributed by atoms with Crippen LogP contribution in [0.15, 0.2) is 27.7 Å². The summed E-state index contributed by atoms with van der Waals surface area (Å²) in [5.41, 5.74) is 12.5. The average molecular weight is 428 g/mol. The summed E-state index contributed by atoms with van der Waals surface area (Å²) in [6.45, 7) is 6.61. The second-order valence-corrected chi connectivity index (χ2v) is 8.48. The van der Waals surface area contributed by atoms with Crippen LogP contribution in [0.4, 0.5) is 10.5 Å². The van der Waals surface area contributed by atoms with Crippen LogP contribution in [0, 0.1) is 0 Å². The lowest BCUT2D eigenvalue weighted by Crippen LogP contribution is -2.41.